The third-order valence-electron chi connectivity index (χ3n) is 1.78. The number of halogens is 1. The van der Waals surface area contributed by atoms with Gasteiger partial charge in [0.25, 0.3) is 5.69 Å². The average Bonchev–Trinajstić information content (AvgIpc) is 2.01. The minimum absolute atomic E-state index is 0.0617. The van der Waals surface area contributed by atoms with Gasteiger partial charge in [-0.25, -0.2) is 0 Å². The van der Waals surface area contributed by atoms with Crippen LogP contribution in [0.25, 0.3) is 0 Å². The lowest BCUT2D eigenvalue weighted by Crippen LogP contribution is -1.95. The van der Waals surface area contributed by atoms with E-state index in [1.807, 2.05) is 6.07 Å². The molecule has 72 valence electrons. The number of hydrogen-bond acceptors (Lipinski definition) is 3. The normalized spacial score (nSPS) is 9.50. The molecule has 5 heteroatoms. The molecule has 0 bridgehead atoms. The molecule has 0 aliphatic heterocycles. The van der Waals surface area contributed by atoms with E-state index in [2.05, 4.69) is 15.9 Å². The fourth-order valence-electron chi connectivity index (χ4n) is 1.23. The number of rotatable bonds is 2. The highest BCUT2D eigenvalue weighted by Gasteiger charge is 2.16. The van der Waals surface area contributed by atoms with Crippen LogP contribution >= 0.6 is 15.9 Å². The highest BCUT2D eigenvalue weighted by atomic mass is 79.9. The predicted molar refractivity (Wildman–Crippen MR) is 54.9 cm³/mol. The van der Waals surface area contributed by atoms with Gasteiger partial charge in [0.05, 0.1) is 21.9 Å². The van der Waals surface area contributed by atoms with Crippen molar-refractivity contribution in [1.82, 2.24) is 0 Å². The van der Waals surface area contributed by atoms with Gasteiger partial charge in [-0.2, -0.15) is 5.26 Å². The van der Waals surface area contributed by atoms with E-state index in [0.717, 1.165) is 5.56 Å². The van der Waals surface area contributed by atoms with E-state index < -0.39 is 4.92 Å². The Balaban J connectivity index is 3.26. The lowest BCUT2D eigenvalue weighted by molar-refractivity contribution is -0.386. The number of aryl methyl sites for hydroxylation is 1. The summed E-state index contributed by atoms with van der Waals surface area (Å²) >= 11 is 3.12. The third-order valence-corrected chi connectivity index (χ3v) is 2.38. The molecule has 0 amide bonds. The smallest absolute Gasteiger partial charge is 0.258 e. The summed E-state index contributed by atoms with van der Waals surface area (Å²) in [4.78, 5) is 10.2. The Morgan fingerprint density at radius 3 is 2.71 bits per heavy atom. The Kier molecular flexibility index (Phi) is 3.20. The van der Waals surface area contributed by atoms with Crippen molar-refractivity contribution in [2.75, 3.05) is 0 Å². The van der Waals surface area contributed by atoms with Crippen molar-refractivity contribution in [3.05, 3.63) is 37.8 Å². The van der Waals surface area contributed by atoms with Crippen LogP contribution < -0.4 is 0 Å². The zero-order chi connectivity index (χ0) is 10.7. The number of nitro groups is 1. The van der Waals surface area contributed by atoms with Gasteiger partial charge >= 0.3 is 0 Å². The molecule has 0 aliphatic carbocycles. The molecule has 0 heterocycles. The molecule has 1 aromatic rings. The maximum atomic E-state index is 10.6. The van der Waals surface area contributed by atoms with E-state index in [-0.39, 0.29) is 12.1 Å². The lowest BCUT2D eigenvalue weighted by atomic mass is 10.1. The number of benzene rings is 1. The fraction of sp³-hybridized carbons (Fsp3) is 0.222. The zero-order valence-electron chi connectivity index (χ0n) is 7.45. The predicted octanol–water partition coefficient (Wildman–Crippen LogP) is 2.73. The summed E-state index contributed by atoms with van der Waals surface area (Å²) in [6.07, 6.45) is 0.261. The van der Waals surface area contributed by atoms with Gasteiger partial charge in [0, 0.05) is 5.56 Å². The van der Waals surface area contributed by atoms with E-state index >= 15 is 0 Å². The summed E-state index contributed by atoms with van der Waals surface area (Å²) in [5.41, 5.74) is 1.41. The molecule has 0 spiro atoms. The number of hydrogen-bond donors (Lipinski definition) is 0. The quantitative estimate of drug-likeness (QED) is 0.602. The van der Waals surface area contributed by atoms with Crippen LogP contribution in [-0.2, 0) is 6.42 Å². The van der Waals surface area contributed by atoms with E-state index in [1.54, 1.807) is 19.1 Å². The van der Waals surface area contributed by atoms with Crippen molar-refractivity contribution in [3.8, 4) is 6.07 Å². The maximum Gasteiger partial charge on any atom is 0.286 e. The molecule has 4 nitrogen and oxygen atoms in total. The van der Waals surface area contributed by atoms with Crippen molar-refractivity contribution in [1.29, 1.82) is 5.26 Å². The van der Waals surface area contributed by atoms with Crippen LogP contribution in [-0.4, -0.2) is 4.92 Å². The van der Waals surface area contributed by atoms with Crippen molar-refractivity contribution in [3.63, 3.8) is 0 Å². The van der Waals surface area contributed by atoms with Crippen molar-refractivity contribution in [2.24, 2.45) is 0 Å². The summed E-state index contributed by atoms with van der Waals surface area (Å²) in [5, 5.41) is 19.1. The van der Waals surface area contributed by atoms with Gasteiger partial charge in [0.15, 0.2) is 0 Å². The fourth-order valence-corrected chi connectivity index (χ4v) is 1.98. The van der Waals surface area contributed by atoms with Gasteiger partial charge in [0.2, 0.25) is 0 Å². The maximum absolute atomic E-state index is 10.6. The molecule has 0 aliphatic rings. The van der Waals surface area contributed by atoms with Crippen LogP contribution in [0, 0.1) is 28.4 Å². The van der Waals surface area contributed by atoms with Crippen LogP contribution in [0.5, 0.6) is 0 Å². The first-order valence-electron chi connectivity index (χ1n) is 3.86. The molecule has 0 radical (unpaired) electrons. The first-order valence-corrected chi connectivity index (χ1v) is 4.66. The van der Waals surface area contributed by atoms with E-state index in [9.17, 15) is 10.1 Å². The van der Waals surface area contributed by atoms with Crippen molar-refractivity contribution >= 4 is 21.6 Å². The molecule has 0 fully saturated rings. The largest absolute Gasteiger partial charge is 0.286 e. The summed E-state index contributed by atoms with van der Waals surface area (Å²) in [6, 6.07) is 5.26. The molecule has 0 unspecified atom stereocenters. The third kappa shape index (κ3) is 2.09. The van der Waals surface area contributed by atoms with Crippen LogP contribution in [0.4, 0.5) is 5.69 Å². The molecule has 14 heavy (non-hydrogen) atoms. The monoisotopic (exact) mass is 254 g/mol. The molecule has 0 atom stereocenters. The second-order valence-corrected chi connectivity index (χ2v) is 3.69. The molecule has 1 rings (SSSR count). The molecule has 1 aromatic carbocycles. The molecule has 0 N–H and O–H groups in total. The first-order chi connectivity index (χ1) is 6.56. The Morgan fingerprint density at radius 2 is 2.29 bits per heavy atom. The number of nitrogens with zero attached hydrogens (tertiary/aromatic N) is 2. The summed E-state index contributed by atoms with van der Waals surface area (Å²) in [5.74, 6) is 0. The zero-order valence-corrected chi connectivity index (χ0v) is 9.04. The van der Waals surface area contributed by atoms with Crippen LogP contribution in [0.1, 0.15) is 11.1 Å². The van der Waals surface area contributed by atoms with Crippen LogP contribution in [0.15, 0.2) is 16.6 Å². The van der Waals surface area contributed by atoms with Crippen LogP contribution in [0.3, 0.4) is 0 Å². The van der Waals surface area contributed by atoms with Gasteiger partial charge in [-0.15, -0.1) is 0 Å². The lowest BCUT2D eigenvalue weighted by Gasteiger charge is -2.02. The van der Waals surface area contributed by atoms with E-state index in [1.165, 1.54) is 0 Å². The standard InChI is InChI=1S/C9H7BrN2O2/c1-6-4-7(2-3-11)5-8(10)9(6)12(13)14/h4-5H,2H2,1H3. The van der Waals surface area contributed by atoms with Gasteiger partial charge in [-0.05, 0) is 40.5 Å². The number of nitro benzene ring substituents is 1. The minimum atomic E-state index is -0.435. The molecule has 0 saturated heterocycles. The average molecular weight is 255 g/mol. The van der Waals surface area contributed by atoms with Crippen molar-refractivity contribution < 1.29 is 4.92 Å². The molecule has 0 aromatic heterocycles. The van der Waals surface area contributed by atoms with Gasteiger partial charge in [-0.3, -0.25) is 10.1 Å². The summed E-state index contributed by atoms with van der Waals surface area (Å²) in [6.45, 7) is 1.66. The van der Waals surface area contributed by atoms with Crippen molar-refractivity contribution in [2.45, 2.75) is 13.3 Å². The topological polar surface area (TPSA) is 66.9 Å². The summed E-state index contributed by atoms with van der Waals surface area (Å²) in [7, 11) is 0. The first kappa shape index (κ1) is 10.7. The second-order valence-electron chi connectivity index (χ2n) is 2.84. The molecule has 0 saturated carbocycles. The highest BCUT2D eigenvalue weighted by Crippen LogP contribution is 2.29. The SMILES string of the molecule is Cc1cc(CC#N)cc(Br)c1[N+](=O)[O-]. The van der Waals surface area contributed by atoms with E-state index in [4.69, 9.17) is 5.26 Å². The Hall–Kier alpha value is -1.41. The minimum Gasteiger partial charge on any atom is -0.258 e. The molecular formula is C9H7BrN2O2. The van der Waals surface area contributed by atoms with Gasteiger partial charge < -0.3 is 0 Å². The second kappa shape index (κ2) is 4.20. The van der Waals surface area contributed by atoms with E-state index in [0.29, 0.717) is 10.0 Å². The summed E-state index contributed by atoms with van der Waals surface area (Å²) < 4.78 is 0.424. The van der Waals surface area contributed by atoms with Gasteiger partial charge in [-0.1, -0.05) is 0 Å². The Bertz CT molecular complexity index is 400. The van der Waals surface area contributed by atoms with Crippen LogP contribution in [0.2, 0.25) is 0 Å². The number of nitriles is 1. The Morgan fingerprint density at radius 1 is 1.64 bits per heavy atom. The highest BCUT2D eigenvalue weighted by molar-refractivity contribution is 9.10. The molecular weight excluding hydrogens is 248 g/mol. The Labute approximate surface area is 89.4 Å². The van der Waals surface area contributed by atoms with Gasteiger partial charge in [0.1, 0.15) is 0 Å².